The normalized spacial score (nSPS) is 14.9. The summed E-state index contributed by atoms with van der Waals surface area (Å²) < 4.78 is 0. The van der Waals surface area contributed by atoms with Gasteiger partial charge in [-0.3, -0.25) is 5.10 Å². The number of aryl methyl sites for hydroxylation is 2. The molecule has 1 fully saturated rings. The fraction of sp³-hybridized carbons (Fsp3) is 0.333. The maximum Gasteiger partial charge on any atom is 0.322 e. The Balaban J connectivity index is 0.000000231. The largest absolute Gasteiger partial charge is 0.331 e. The molecule has 4 amide bonds. The van der Waals surface area contributed by atoms with E-state index in [4.69, 9.17) is 0 Å². The van der Waals surface area contributed by atoms with Crippen LogP contribution in [-0.2, 0) is 11.3 Å². The number of anilines is 1. The molecule has 0 saturated carbocycles. The standard InChI is InChI=1S/C16H20N4O3.C9H10N2.C2H2/c21-10-7-17-15(22)19-8-5-13(6-9-19)20-11-12-3-1-2-4-14(12)18-16(20)23;1-6-3-7(2)9-8(4-6)5-10-11-9;1-2/h1-4,10,13H,5-9,11H2,(H,17,22)(H,18,23);3-5H,1-2H3,(H,10,11);1-2H. The third-order valence-corrected chi connectivity index (χ3v) is 6.28. The number of carbonyl (C=O) groups is 3. The van der Waals surface area contributed by atoms with Gasteiger partial charge in [-0.25, -0.2) is 9.59 Å². The summed E-state index contributed by atoms with van der Waals surface area (Å²) in [7, 11) is 0. The number of aromatic amines is 1. The Morgan fingerprint density at radius 1 is 1.19 bits per heavy atom. The molecule has 3 heterocycles. The highest BCUT2D eigenvalue weighted by molar-refractivity contribution is 5.92. The predicted molar refractivity (Wildman–Crippen MR) is 141 cm³/mol. The number of hydrogen-bond acceptors (Lipinski definition) is 4. The van der Waals surface area contributed by atoms with Crippen LogP contribution in [0.3, 0.4) is 0 Å². The number of nitrogens with zero attached hydrogens (tertiary/aromatic N) is 3. The van der Waals surface area contributed by atoms with Gasteiger partial charge in [0.05, 0.1) is 18.3 Å². The molecule has 1 saturated heterocycles. The Bertz CT molecular complexity index is 1230. The van der Waals surface area contributed by atoms with Crippen molar-refractivity contribution in [2.75, 3.05) is 25.0 Å². The van der Waals surface area contributed by atoms with Crippen LogP contribution in [0.1, 0.15) is 29.5 Å². The highest BCUT2D eigenvalue weighted by Gasteiger charge is 2.32. The number of nitrogens with one attached hydrogen (secondary N) is 3. The van der Waals surface area contributed by atoms with Gasteiger partial charge in [-0.2, -0.15) is 5.10 Å². The first-order valence-electron chi connectivity index (χ1n) is 11.8. The van der Waals surface area contributed by atoms with Crippen molar-refractivity contribution in [3.63, 3.8) is 0 Å². The van der Waals surface area contributed by atoms with Crippen LogP contribution < -0.4 is 10.6 Å². The fourth-order valence-electron chi connectivity index (χ4n) is 4.56. The molecule has 0 bridgehead atoms. The van der Waals surface area contributed by atoms with E-state index in [-0.39, 0.29) is 24.6 Å². The first kappa shape index (κ1) is 26.3. The second-order valence-corrected chi connectivity index (χ2v) is 8.70. The maximum absolute atomic E-state index is 12.3. The summed E-state index contributed by atoms with van der Waals surface area (Å²) in [6.07, 6.45) is 12.0. The van der Waals surface area contributed by atoms with Gasteiger partial charge in [-0.1, -0.05) is 29.8 Å². The molecular formula is C27H32N6O3. The number of amides is 4. The number of fused-ring (bicyclic) bond motifs is 2. The third kappa shape index (κ3) is 6.21. The van der Waals surface area contributed by atoms with Crippen LogP contribution >= 0.6 is 0 Å². The van der Waals surface area contributed by atoms with Gasteiger partial charge in [0.25, 0.3) is 0 Å². The summed E-state index contributed by atoms with van der Waals surface area (Å²) in [6.45, 7) is 5.99. The summed E-state index contributed by atoms with van der Waals surface area (Å²) in [4.78, 5) is 38.0. The van der Waals surface area contributed by atoms with Gasteiger partial charge < -0.3 is 25.2 Å². The SMILES string of the molecule is C#C.Cc1cc(C)c2[nH]ncc2c1.O=CCNC(=O)N1CCC(N2Cc3ccccc3NC2=O)CC1. The first-order chi connectivity index (χ1) is 17.5. The van der Waals surface area contributed by atoms with Crippen LogP contribution in [0.2, 0.25) is 0 Å². The number of hydrogen-bond donors (Lipinski definition) is 3. The fourth-order valence-corrected chi connectivity index (χ4v) is 4.56. The second kappa shape index (κ2) is 12.4. The van der Waals surface area contributed by atoms with Crippen LogP contribution in [0.5, 0.6) is 0 Å². The van der Waals surface area contributed by atoms with Crippen LogP contribution in [0, 0.1) is 26.7 Å². The molecule has 0 atom stereocenters. The van der Waals surface area contributed by atoms with E-state index in [2.05, 4.69) is 59.7 Å². The molecule has 3 N–H and O–H groups in total. The summed E-state index contributed by atoms with van der Waals surface area (Å²) in [5, 5.41) is 13.6. The van der Waals surface area contributed by atoms with Crippen LogP contribution in [-0.4, -0.2) is 64.0 Å². The lowest BCUT2D eigenvalue weighted by molar-refractivity contribution is -0.107. The summed E-state index contributed by atoms with van der Waals surface area (Å²) in [6, 6.07) is 11.9. The monoisotopic (exact) mass is 488 g/mol. The molecule has 5 rings (SSSR count). The molecule has 0 unspecified atom stereocenters. The summed E-state index contributed by atoms with van der Waals surface area (Å²) >= 11 is 0. The number of piperidine rings is 1. The Labute approximate surface area is 211 Å². The van der Waals surface area contributed by atoms with E-state index in [1.807, 2.05) is 35.4 Å². The van der Waals surface area contributed by atoms with Crippen LogP contribution in [0.4, 0.5) is 15.3 Å². The topological polar surface area (TPSA) is 110 Å². The van der Waals surface area contributed by atoms with Crippen molar-refractivity contribution < 1.29 is 14.4 Å². The zero-order valence-corrected chi connectivity index (χ0v) is 20.7. The Morgan fingerprint density at radius 2 is 1.92 bits per heavy atom. The lowest BCUT2D eigenvalue weighted by atomic mass is 10.0. The van der Waals surface area contributed by atoms with E-state index in [1.54, 1.807) is 4.90 Å². The number of H-pyrrole nitrogens is 1. The molecule has 0 aliphatic carbocycles. The molecule has 9 heteroatoms. The van der Waals surface area contributed by atoms with Crippen molar-refractivity contribution in [3.05, 3.63) is 59.3 Å². The van der Waals surface area contributed by atoms with Crippen molar-refractivity contribution >= 4 is 34.9 Å². The minimum atomic E-state index is -0.219. The summed E-state index contributed by atoms with van der Waals surface area (Å²) in [5.74, 6) is 0. The van der Waals surface area contributed by atoms with Crippen LogP contribution in [0.25, 0.3) is 10.9 Å². The molecule has 0 radical (unpaired) electrons. The molecule has 0 spiro atoms. The number of para-hydroxylation sites is 1. The van der Waals surface area contributed by atoms with Crippen molar-refractivity contribution in [1.29, 1.82) is 0 Å². The Kier molecular flexibility index (Phi) is 9.06. The van der Waals surface area contributed by atoms with Gasteiger partial charge in [0.1, 0.15) is 6.29 Å². The lowest BCUT2D eigenvalue weighted by Crippen LogP contribution is -2.52. The minimum absolute atomic E-state index is 0.0318. The Morgan fingerprint density at radius 3 is 2.64 bits per heavy atom. The second-order valence-electron chi connectivity index (χ2n) is 8.70. The number of carbonyl (C=O) groups excluding carboxylic acids is 3. The zero-order valence-electron chi connectivity index (χ0n) is 20.7. The van der Waals surface area contributed by atoms with Crippen molar-refractivity contribution in [2.24, 2.45) is 0 Å². The quantitative estimate of drug-likeness (QED) is 0.384. The Hall–Kier alpha value is -4.32. The molecule has 2 aliphatic rings. The van der Waals surface area contributed by atoms with Gasteiger partial charge in [0.2, 0.25) is 0 Å². The molecule has 3 aromatic rings. The summed E-state index contributed by atoms with van der Waals surface area (Å²) in [5.41, 5.74) is 5.68. The molecule has 1 aromatic heterocycles. The van der Waals surface area contributed by atoms with Gasteiger partial charge in [-0.05, 0) is 49.9 Å². The van der Waals surface area contributed by atoms with Crippen molar-refractivity contribution in [2.45, 2.75) is 39.3 Å². The van der Waals surface area contributed by atoms with Gasteiger partial charge in [0.15, 0.2) is 0 Å². The first-order valence-corrected chi connectivity index (χ1v) is 11.8. The van der Waals surface area contributed by atoms with Crippen molar-refractivity contribution in [1.82, 2.24) is 25.3 Å². The average Bonchev–Trinajstić information content (AvgIpc) is 3.37. The number of aromatic nitrogens is 2. The number of likely N-dealkylation sites (tertiary alicyclic amines) is 1. The highest BCUT2D eigenvalue weighted by Crippen LogP contribution is 2.27. The lowest BCUT2D eigenvalue weighted by Gasteiger charge is -2.40. The average molecular weight is 489 g/mol. The number of terminal acetylenes is 1. The third-order valence-electron chi connectivity index (χ3n) is 6.28. The van der Waals surface area contributed by atoms with E-state index in [0.717, 1.165) is 29.6 Å². The number of rotatable bonds is 3. The van der Waals surface area contributed by atoms with E-state index in [9.17, 15) is 14.4 Å². The molecule has 9 nitrogen and oxygen atoms in total. The smallest absolute Gasteiger partial charge is 0.322 e. The highest BCUT2D eigenvalue weighted by atomic mass is 16.2. The zero-order chi connectivity index (χ0) is 26.1. The van der Waals surface area contributed by atoms with E-state index < -0.39 is 0 Å². The van der Waals surface area contributed by atoms with Gasteiger partial charge in [-0.15, -0.1) is 12.8 Å². The van der Waals surface area contributed by atoms with E-state index in [0.29, 0.717) is 25.9 Å². The van der Waals surface area contributed by atoms with Crippen molar-refractivity contribution in [3.8, 4) is 12.8 Å². The number of aldehydes is 1. The van der Waals surface area contributed by atoms with Crippen LogP contribution in [0.15, 0.2) is 42.6 Å². The van der Waals surface area contributed by atoms with E-state index in [1.165, 1.54) is 16.5 Å². The molecule has 2 aliphatic heterocycles. The molecule has 36 heavy (non-hydrogen) atoms. The molecular weight excluding hydrogens is 456 g/mol. The van der Waals surface area contributed by atoms with E-state index >= 15 is 0 Å². The van der Waals surface area contributed by atoms with Gasteiger partial charge in [0, 0.05) is 36.7 Å². The number of benzene rings is 2. The number of urea groups is 2. The minimum Gasteiger partial charge on any atom is -0.331 e. The molecule has 2 aromatic carbocycles. The maximum atomic E-state index is 12.3. The van der Waals surface area contributed by atoms with Gasteiger partial charge >= 0.3 is 12.1 Å². The predicted octanol–water partition coefficient (Wildman–Crippen LogP) is 3.84. The molecule has 188 valence electrons.